The van der Waals surface area contributed by atoms with Crippen LogP contribution in [0.5, 0.6) is 0 Å². The van der Waals surface area contributed by atoms with Crippen molar-refractivity contribution in [3.05, 3.63) is 0 Å². The van der Waals surface area contributed by atoms with Crippen LogP contribution in [0.3, 0.4) is 0 Å². The second-order valence-electron chi connectivity index (χ2n) is 4.53. The molecule has 0 heterocycles. The number of esters is 1. The zero-order valence-electron chi connectivity index (χ0n) is 11.9. The first-order valence-electron chi connectivity index (χ1n) is 6.64. The Hall–Kier alpha value is -1.26. The number of unbranched alkanes of at least 4 members (excludes halogenated alkanes) is 2. The van der Waals surface area contributed by atoms with Crippen LogP contribution in [0.4, 0.5) is 0 Å². The summed E-state index contributed by atoms with van der Waals surface area (Å²) in [4.78, 5) is 22.5. The molecule has 7 N–H and O–H groups in total. The van der Waals surface area contributed by atoms with E-state index in [1.165, 1.54) is 0 Å². The number of amides is 1. The lowest BCUT2D eigenvalue weighted by atomic mass is 10.0. The van der Waals surface area contributed by atoms with Gasteiger partial charge in [0.2, 0.25) is 0 Å². The van der Waals surface area contributed by atoms with Gasteiger partial charge in [-0.05, 0) is 19.4 Å². The zero-order chi connectivity index (χ0) is 16.4. The molecule has 0 aliphatic heterocycles. The predicted octanol–water partition coefficient (Wildman–Crippen LogP) is -3.15. The molecule has 0 unspecified atom stereocenters. The van der Waals surface area contributed by atoms with E-state index < -0.39 is 36.3 Å². The molecule has 0 aromatic rings. The van der Waals surface area contributed by atoms with E-state index in [9.17, 15) is 30.0 Å². The normalized spacial score (nSPS) is 16.7. The quantitative estimate of drug-likeness (QED) is 0.182. The Bertz CT molecular complexity index is 327. The van der Waals surface area contributed by atoms with E-state index in [0.717, 1.165) is 20.0 Å². The van der Waals surface area contributed by atoms with Crippen molar-refractivity contribution in [2.24, 2.45) is 5.73 Å². The van der Waals surface area contributed by atoms with Crippen LogP contribution in [0.1, 0.15) is 19.3 Å². The lowest BCUT2D eigenvalue weighted by Gasteiger charge is -2.24. The van der Waals surface area contributed by atoms with Gasteiger partial charge in [-0.3, -0.25) is 4.79 Å². The summed E-state index contributed by atoms with van der Waals surface area (Å²) >= 11 is 0. The highest BCUT2D eigenvalue weighted by molar-refractivity contribution is 5.81. The van der Waals surface area contributed by atoms with Crippen molar-refractivity contribution in [2.75, 3.05) is 20.2 Å². The largest absolute Gasteiger partial charge is 0.467 e. The molecule has 0 radical (unpaired) electrons. The van der Waals surface area contributed by atoms with Crippen molar-refractivity contribution in [1.29, 1.82) is 0 Å². The maximum absolute atomic E-state index is 11.5. The van der Waals surface area contributed by atoms with Crippen LogP contribution in [-0.4, -0.2) is 76.9 Å². The fourth-order valence-corrected chi connectivity index (χ4v) is 1.55. The van der Waals surface area contributed by atoms with Crippen LogP contribution >= 0.6 is 0 Å². The molecule has 0 spiro atoms. The molecule has 0 aliphatic rings. The van der Waals surface area contributed by atoms with Gasteiger partial charge in [0.25, 0.3) is 5.91 Å². The Kier molecular flexibility index (Phi) is 9.84. The van der Waals surface area contributed by atoms with E-state index in [-0.39, 0.29) is 6.54 Å². The second kappa shape index (κ2) is 10.5. The summed E-state index contributed by atoms with van der Waals surface area (Å²) in [6.07, 6.45) is -5.84. The number of ether oxygens (including phenoxy) is 1. The van der Waals surface area contributed by atoms with E-state index in [1.54, 1.807) is 0 Å². The molecule has 21 heavy (non-hydrogen) atoms. The number of hydrogen-bond donors (Lipinski definition) is 6. The van der Waals surface area contributed by atoms with Crippen LogP contribution in [0, 0.1) is 0 Å². The summed E-state index contributed by atoms with van der Waals surface area (Å²) < 4.78 is 4.17. The highest BCUT2D eigenvalue weighted by Gasteiger charge is 2.37. The number of hydrogen-bond acceptors (Lipinski definition) is 8. The molecule has 1 amide bonds. The van der Waals surface area contributed by atoms with Gasteiger partial charge in [0.15, 0.2) is 12.2 Å². The molecular weight excluding hydrogens is 284 g/mol. The highest BCUT2D eigenvalue weighted by atomic mass is 16.5. The Morgan fingerprint density at radius 2 is 1.62 bits per heavy atom. The summed E-state index contributed by atoms with van der Waals surface area (Å²) in [7, 11) is 0.981. The third-order valence-corrected chi connectivity index (χ3v) is 2.89. The first-order chi connectivity index (χ1) is 9.86. The third kappa shape index (κ3) is 6.82. The van der Waals surface area contributed by atoms with Gasteiger partial charge in [0.1, 0.15) is 12.2 Å². The molecule has 0 saturated heterocycles. The molecule has 9 nitrogen and oxygen atoms in total. The topological polar surface area (TPSA) is 162 Å². The monoisotopic (exact) mass is 308 g/mol. The molecule has 124 valence electrons. The van der Waals surface area contributed by atoms with Gasteiger partial charge in [-0.2, -0.15) is 0 Å². The van der Waals surface area contributed by atoms with Crippen LogP contribution in [0.2, 0.25) is 0 Å². The van der Waals surface area contributed by atoms with Crippen molar-refractivity contribution in [3.8, 4) is 0 Å². The molecular formula is C12H24N2O7. The fourth-order valence-electron chi connectivity index (χ4n) is 1.55. The average molecular weight is 308 g/mol. The fraction of sp³-hybridized carbons (Fsp3) is 0.833. The number of nitrogens with one attached hydrogen (secondary N) is 1. The van der Waals surface area contributed by atoms with E-state index in [1.807, 2.05) is 0 Å². The summed E-state index contributed by atoms with van der Waals surface area (Å²) in [6, 6.07) is 0. The smallest absolute Gasteiger partial charge is 0.337 e. The van der Waals surface area contributed by atoms with Crippen molar-refractivity contribution < 1.29 is 34.8 Å². The number of carbonyl (C=O) groups is 2. The summed E-state index contributed by atoms with van der Waals surface area (Å²) in [6.45, 7) is 0.825. The van der Waals surface area contributed by atoms with Crippen LogP contribution in [0.15, 0.2) is 0 Å². The molecule has 0 aliphatic carbocycles. The van der Waals surface area contributed by atoms with E-state index in [4.69, 9.17) is 5.73 Å². The van der Waals surface area contributed by atoms with Gasteiger partial charge < -0.3 is 36.2 Å². The molecule has 0 rings (SSSR count). The van der Waals surface area contributed by atoms with E-state index in [2.05, 4.69) is 10.1 Å². The van der Waals surface area contributed by atoms with Crippen LogP contribution in [0.25, 0.3) is 0 Å². The average Bonchev–Trinajstić information content (AvgIpc) is 2.50. The Morgan fingerprint density at radius 3 is 2.14 bits per heavy atom. The molecule has 0 fully saturated rings. The van der Waals surface area contributed by atoms with Gasteiger partial charge in [-0.15, -0.1) is 0 Å². The SMILES string of the molecule is COC(=O)[C@H](O)[C@@H](O)[C@H](O)[C@H](O)C(=O)NCCCCCN. The van der Waals surface area contributed by atoms with Crippen molar-refractivity contribution >= 4 is 11.9 Å². The molecule has 0 bridgehead atoms. The van der Waals surface area contributed by atoms with Gasteiger partial charge >= 0.3 is 5.97 Å². The Labute approximate surface area is 122 Å². The Balaban J connectivity index is 4.25. The van der Waals surface area contributed by atoms with E-state index in [0.29, 0.717) is 13.0 Å². The van der Waals surface area contributed by atoms with Gasteiger partial charge in [-0.1, -0.05) is 6.42 Å². The lowest BCUT2D eigenvalue weighted by molar-refractivity contribution is -0.169. The zero-order valence-corrected chi connectivity index (χ0v) is 11.9. The minimum Gasteiger partial charge on any atom is -0.467 e. The van der Waals surface area contributed by atoms with Crippen molar-refractivity contribution in [3.63, 3.8) is 0 Å². The first-order valence-corrected chi connectivity index (χ1v) is 6.64. The maximum atomic E-state index is 11.5. The molecule has 0 saturated carbocycles. The van der Waals surface area contributed by atoms with Crippen LogP contribution in [-0.2, 0) is 14.3 Å². The van der Waals surface area contributed by atoms with Gasteiger partial charge in [0, 0.05) is 6.54 Å². The maximum Gasteiger partial charge on any atom is 0.337 e. The van der Waals surface area contributed by atoms with Crippen molar-refractivity contribution in [1.82, 2.24) is 5.32 Å². The van der Waals surface area contributed by atoms with Crippen LogP contribution < -0.4 is 11.1 Å². The number of aliphatic hydroxyl groups excluding tert-OH is 4. The van der Waals surface area contributed by atoms with Crippen molar-refractivity contribution in [2.45, 2.75) is 43.7 Å². The number of nitrogens with two attached hydrogens (primary N) is 1. The predicted molar refractivity (Wildman–Crippen MR) is 72.0 cm³/mol. The molecule has 0 aromatic carbocycles. The summed E-state index contributed by atoms with van der Waals surface area (Å²) in [5, 5.41) is 40.3. The summed E-state index contributed by atoms with van der Waals surface area (Å²) in [5.74, 6) is -2.10. The number of methoxy groups -OCH3 is 1. The Morgan fingerprint density at radius 1 is 1.05 bits per heavy atom. The highest BCUT2D eigenvalue weighted by Crippen LogP contribution is 2.07. The molecule has 4 atom stereocenters. The summed E-state index contributed by atoms with van der Waals surface area (Å²) in [5.41, 5.74) is 5.31. The van der Waals surface area contributed by atoms with Gasteiger partial charge in [0.05, 0.1) is 7.11 Å². The first kappa shape index (κ1) is 19.7. The standard InChI is InChI=1S/C12H24N2O7/c1-21-12(20)10(18)8(16)7(15)9(17)11(19)14-6-4-2-3-5-13/h7-10,15-18H,2-6,13H2,1H3,(H,14,19)/t7-,8-,9-,10+/m0/s1. The lowest BCUT2D eigenvalue weighted by Crippen LogP contribution is -2.52. The molecule has 0 aromatic heterocycles. The van der Waals surface area contributed by atoms with Gasteiger partial charge in [-0.25, -0.2) is 4.79 Å². The second-order valence-corrected chi connectivity index (χ2v) is 4.53. The minimum absolute atomic E-state index is 0.276. The number of carbonyl (C=O) groups excluding carboxylic acids is 2. The number of rotatable bonds is 10. The van der Waals surface area contributed by atoms with E-state index >= 15 is 0 Å². The third-order valence-electron chi connectivity index (χ3n) is 2.89. The molecule has 9 heteroatoms. The minimum atomic E-state index is -2.06. The number of aliphatic hydroxyl groups is 4.